The molecule has 0 radical (unpaired) electrons. The summed E-state index contributed by atoms with van der Waals surface area (Å²) in [7, 11) is 0. The van der Waals surface area contributed by atoms with Gasteiger partial charge in [0.05, 0.1) is 55.8 Å². The number of aromatic nitrogens is 4. The number of nitrogens with zero attached hydrogens (tertiary/aromatic N) is 6. The molecule has 0 bridgehead atoms. The summed E-state index contributed by atoms with van der Waals surface area (Å²) in [6.07, 6.45) is 0. The number of aryl methyl sites for hydroxylation is 6. The molecule has 0 amide bonds. The number of fused-ring (bicyclic) bond motifs is 14. The summed E-state index contributed by atoms with van der Waals surface area (Å²) in [6, 6.07) is 86.6. The molecule has 84 heavy (non-hydrogen) atoms. The van der Waals surface area contributed by atoms with Crippen LogP contribution in [0.1, 0.15) is 33.4 Å². The van der Waals surface area contributed by atoms with Crippen LogP contribution in [0.4, 0.5) is 34.3 Å². The average Bonchev–Trinajstić information content (AvgIpc) is 1.70. The molecule has 0 fully saturated rings. The minimum atomic E-state index is 0.800. The second kappa shape index (κ2) is 18.1. The van der Waals surface area contributed by atoms with Crippen LogP contribution in [-0.2, 0) is 0 Å². The lowest BCUT2D eigenvalue weighted by molar-refractivity contribution is 0.992. The molecule has 0 saturated heterocycles. The molecule has 0 N–H and O–H groups in total. The number of pyridine rings is 1. The first-order valence-corrected chi connectivity index (χ1v) is 29.8. The highest BCUT2D eigenvalue weighted by atomic mass is 32.1. The van der Waals surface area contributed by atoms with E-state index in [1.165, 1.54) is 85.9 Å². The van der Waals surface area contributed by atoms with Crippen LogP contribution in [0.15, 0.2) is 231 Å². The van der Waals surface area contributed by atoms with E-state index in [9.17, 15) is 0 Å². The Kier molecular flexibility index (Phi) is 10.5. The molecule has 0 saturated carbocycles. The maximum atomic E-state index is 6.60. The van der Waals surface area contributed by atoms with Crippen LogP contribution in [0.5, 0.6) is 0 Å². The minimum absolute atomic E-state index is 0.800. The van der Waals surface area contributed by atoms with Gasteiger partial charge in [-0.05, 0) is 168 Å². The van der Waals surface area contributed by atoms with Crippen LogP contribution in [0.25, 0.3) is 114 Å². The average molecular weight is 1100 g/mol. The SMILES string of the molecule is Cc1ccc2c(c1)c1cc(C)ccc1n2-c1nc(N2c3ccccc3N(c3ccccc3)c3ccccc32)c(-n2c3ccc(C)cc3c3cc(C)ccc32)c(-c2ccc3c(c2)sc2ccccc23)c1-n1c2ccc(C)cc2c2cc(C)ccc21. The lowest BCUT2D eigenvalue weighted by Crippen LogP contribution is -2.26. The van der Waals surface area contributed by atoms with Crippen molar-refractivity contribution in [1.82, 2.24) is 18.7 Å². The summed E-state index contributed by atoms with van der Waals surface area (Å²) in [5.74, 6) is 1.62. The fourth-order valence-electron chi connectivity index (χ4n) is 13.9. The molecule has 17 rings (SSSR count). The number of para-hydroxylation sites is 5. The molecular formula is C77H56N6S. The normalized spacial score (nSPS) is 12.6. The van der Waals surface area contributed by atoms with Gasteiger partial charge in [-0.25, -0.2) is 4.98 Å². The molecule has 6 nitrogen and oxygen atoms in total. The van der Waals surface area contributed by atoms with Gasteiger partial charge in [-0.3, -0.25) is 9.47 Å². The lowest BCUT2D eigenvalue weighted by atomic mass is 9.98. The summed E-state index contributed by atoms with van der Waals surface area (Å²) in [4.78, 5) is 11.5. The van der Waals surface area contributed by atoms with Gasteiger partial charge < -0.3 is 14.0 Å². The van der Waals surface area contributed by atoms with Crippen molar-refractivity contribution in [2.24, 2.45) is 0 Å². The van der Waals surface area contributed by atoms with E-state index in [2.05, 4.69) is 296 Å². The van der Waals surface area contributed by atoms with E-state index in [0.717, 1.165) is 95.7 Å². The Bertz CT molecular complexity index is 5250. The van der Waals surface area contributed by atoms with E-state index in [1.54, 1.807) is 0 Å². The first-order valence-electron chi connectivity index (χ1n) is 29.0. The van der Waals surface area contributed by atoms with E-state index < -0.39 is 0 Å². The summed E-state index contributed by atoms with van der Waals surface area (Å²) >= 11 is 1.86. The highest BCUT2D eigenvalue weighted by Crippen LogP contribution is 2.58. The smallest absolute Gasteiger partial charge is 0.165 e. The predicted molar refractivity (Wildman–Crippen MR) is 357 cm³/mol. The quantitative estimate of drug-likeness (QED) is 0.166. The maximum absolute atomic E-state index is 6.60. The number of rotatable bonds is 6. The maximum Gasteiger partial charge on any atom is 0.165 e. The number of hydrogen-bond donors (Lipinski definition) is 0. The predicted octanol–water partition coefficient (Wildman–Crippen LogP) is 21.5. The van der Waals surface area contributed by atoms with Crippen molar-refractivity contribution in [3.63, 3.8) is 0 Å². The Morgan fingerprint density at radius 3 is 1.11 bits per heavy atom. The molecule has 11 aromatic carbocycles. The molecule has 0 unspecified atom stereocenters. The molecule has 0 spiro atoms. The minimum Gasteiger partial charge on any atom is -0.306 e. The number of anilines is 6. The summed E-state index contributed by atoms with van der Waals surface area (Å²) in [5.41, 5.74) is 23.2. The molecule has 5 aromatic heterocycles. The summed E-state index contributed by atoms with van der Waals surface area (Å²) in [5, 5.41) is 9.68. The van der Waals surface area contributed by atoms with E-state index in [0.29, 0.717) is 0 Å². The van der Waals surface area contributed by atoms with Crippen molar-refractivity contribution in [2.45, 2.75) is 41.5 Å². The van der Waals surface area contributed by atoms with Gasteiger partial charge in [0, 0.05) is 63.7 Å². The molecule has 1 aliphatic heterocycles. The molecule has 400 valence electrons. The van der Waals surface area contributed by atoms with Crippen LogP contribution < -0.4 is 9.80 Å². The zero-order valence-electron chi connectivity index (χ0n) is 47.5. The van der Waals surface area contributed by atoms with Crippen molar-refractivity contribution >= 4 is 131 Å². The van der Waals surface area contributed by atoms with Crippen LogP contribution in [0, 0.1) is 41.5 Å². The van der Waals surface area contributed by atoms with Crippen molar-refractivity contribution in [2.75, 3.05) is 9.80 Å². The Morgan fingerprint density at radius 2 is 0.655 bits per heavy atom. The van der Waals surface area contributed by atoms with Gasteiger partial charge in [-0.2, -0.15) is 0 Å². The fraction of sp³-hybridized carbons (Fsp3) is 0.0779. The van der Waals surface area contributed by atoms with Crippen LogP contribution in [0.3, 0.4) is 0 Å². The third kappa shape index (κ3) is 7.06. The van der Waals surface area contributed by atoms with E-state index >= 15 is 0 Å². The van der Waals surface area contributed by atoms with Gasteiger partial charge in [-0.15, -0.1) is 11.3 Å². The molecule has 6 heterocycles. The zero-order valence-corrected chi connectivity index (χ0v) is 48.3. The molecule has 16 aromatic rings. The van der Waals surface area contributed by atoms with Crippen molar-refractivity contribution in [1.29, 1.82) is 0 Å². The second-order valence-electron chi connectivity index (χ2n) is 23.3. The van der Waals surface area contributed by atoms with Crippen molar-refractivity contribution in [3.05, 3.63) is 264 Å². The van der Waals surface area contributed by atoms with Crippen molar-refractivity contribution in [3.8, 4) is 28.3 Å². The second-order valence-corrected chi connectivity index (χ2v) is 24.3. The summed E-state index contributed by atoms with van der Waals surface area (Å²) in [6.45, 7) is 13.3. The fourth-order valence-corrected chi connectivity index (χ4v) is 15.1. The molecular weight excluding hydrogens is 1040 g/mol. The van der Waals surface area contributed by atoms with Gasteiger partial charge in [0.1, 0.15) is 11.4 Å². The van der Waals surface area contributed by atoms with Gasteiger partial charge in [0.15, 0.2) is 11.6 Å². The van der Waals surface area contributed by atoms with Gasteiger partial charge >= 0.3 is 0 Å². The number of benzene rings is 11. The standard InChI is InChI=1S/C77H56N6S/c1-45-24-32-61-55(38-45)56-39-46(2)25-33-62(56)80(61)74-73(51-30-31-54-53-18-10-15-23-71(53)84-72(54)44-51)75(81-63-34-26-47(3)40-57(63)58-41-48(4)27-35-64(58)81)77(78-76(74)82-65-36-28-49(5)42-59(65)60-43-50(6)29-37-66(60)82)83-69-21-13-11-19-67(69)79(52-16-8-7-9-17-52)68-20-12-14-22-70(68)83/h7-44H,1-6H3. The highest BCUT2D eigenvalue weighted by molar-refractivity contribution is 7.25. The Morgan fingerprint density at radius 1 is 0.286 bits per heavy atom. The van der Waals surface area contributed by atoms with E-state index in [4.69, 9.17) is 4.98 Å². The first-order chi connectivity index (χ1) is 41.1. The van der Waals surface area contributed by atoms with E-state index in [1.807, 2.05) is 11.3 Å². The molecule has 0 atom stereocenters. The molecule has 7 heteroatoms. The Labute approximate surface area is 490 Å². The van der Waals surface area contributed by atoms with Crippen molar-refractivity contribution < 1.29 is 0 Å². The van der Waals surface area contributed by atoms with E-state index in [-0.39, 0.29) is 0 Å². The number of hydrogen-bond acceptors (Lipinski definition) is 4. The Hall–Kier alpha value is -10.2. The van der Waals surface area contributed by atoms with Gasteiger partial charge in [-0.1, -0.05) is 143 Å². The third-order valence-corrected chi connectivity index (χ3v) is 18.8. The molecule has 0 aliphatic carbocycles. The lowest BCUT2D eigenvalue weighted by Gasteiger charge is -2.41. The summed E-state index contributed by atoms with van der Waals surface area (Å²) < 4.78 is 10.1. The van der Waals surface area contributed by atoms with Crippen LogP contribution in [0.2, 0.25) is 0 Å². The first kappa shape index (κ1) is 48.5. The van der Waals surface area contributed by atoms with Crippen LogP contribution in [-0.4, -0.2) is 18.7 Å². The van der Waals surface area contributed by atoms with Gasteiger partial charge in [0.25, 0.3) is 0 Å². The topological polar surface area (TPSA) is 34.2 Å². The highest BCUT2D eigenvalue weighted by Gasteiger charge is 2.38. The number of thiophene rings is 1. The zero-order chi connectivity index (χ0) is 56.2. The third-order valence-electron chi connectivity index (χ3n) is 17.6. The Balaban J connectivity index is 1.17. The molecule has 1 aliphatic rings. The monoisotopic (exact) mass is 1100 g/mol. The van der Waals surface area contributed by atoms with Gasteiger partial charge in [0.2, 0.25) is 0 Å². The largest absolute Gasteiger partial charge is 0.306 e. The van der Waals surface area contributed by atoms with Crippen LogP contribution >= 0.6 is 11.3 Å².